The van der Waals surface area contributed by atoms with E-state index in [0.717, 1.165) is 36.8 Å². The monoisotopic (exact) mass is 307 g/mol. The minimum Gasteiger partial charge on any atom is -0.338 e. The van der Waals surface area contributed by atoms with Crippen molar-refractivity contribution in [1.29, 1.82) is 0 Å². The van der Waals surface area contributed by atoms with Crippen LogP contribution >= 0.6 is 15.9 Å². The highest BCUT2D eigenvalue weighted by Crippen LogP contribution is 2.25. The molecule has 1 fully saturated rings. The zero-order valence-electron chi connectivity index (χ0n) is 10.5. The maximum absolute atomic E-state index is 12.4. The maximum Gasteiger partial charge on any atom is 0.253 e. The highest BCUT2D eigenvalue weighted by Gasteiger charge is 2.26. The van der Waals surface area contributed by atoms with E-state index in [0.29, 0.717) is 5.92 Å². The highest BCUT2D eigenvalue weighted by atomic mass is 79.9. The van der Waals surface area contributed by atoms with Crippen molar-refractivity contribution < 1.29 is 4.79 Å². The van der Waals surface area contributed by atoms with Crippen molar-refractivity contribution in [3.8, 4) is 0 Å². The molecule has 2 aliphatic rings. The van der Waals surface area contributed by atoms with Gasteiger partial charge in [-0.1, -0.05) is 22.0 Å². The summed E-state index contributed by atoms with van der Waals surface area (Å²) in [5, 5.41) is 1.00. The molecule has 1 aromatic carbocycles. The van der Waals surface area contributed by atoms with Crippen LogP contribution in [0.25, 0.3) is 0 Å². The molecule has 0 N–H and O–H groups in total. The Labute approximate surface area is 116 Å². The molecule has 2 nitrogen and oxygen atoms in total. The Morgan fingerprint density at radius 2 is 2.17 bits per heavy atom. The molecule has 1 saturated heterocycles. The molecule has 1 atom stereocenters. The van der Waals surface area contributed by atoms with E-state index in [1.165, 1.54) is 24.0 Å². The number of hydrogen-bond acceptors (Lipinski definition) is 1. The lowest BCUT2D eigenvalue weighted by atomic mass is 10.1. The van der Waals surface area contributed by atoms with Gasteiger partial charge >= 0.3 is 0 Å². The minimum atomic E-state index is 0.216. The zero-order chi connectivity index (χ0) is 12.5. The smallest absolute Gasteiger partial charge is 0.253 e. The van der Waals surface area contributed by atoms with E-state index in [9.17, 15) is 4.79 Å². The summed E-state index contributed by atoms with van der Waals surface area (Å²) in [5.74, 6) is 0.844. The van der Waals surface area contributed by atoms with Crippen LogP contribution in [0.4, 0.5) is 0 Å². The first-order valence-electron chi connectivity index (χ1n) is 6.75. The van der Waals surface area contributed by atoms with Gasteiger partial charge in [-0.25, -0.2) is 0 Å². The maximum atomic E-state index is 12.4. The van der Waals surface area contributed by atoms with Gasteiger partial charge in [0, 0.05) is 24.0 Å². The van der Waals surface area contributed by atoms with Gasteiger partial charge in [0.25, 0.3) is 5.91 Å². The summed E-state index contributed by atoms with van der Waals surface area (Å²) < 4.78 is 0. The first-order chi connectivity index (χ1) is 8.78. The van der Waals surface area contributed by atoms with Gasteiger partial charge in [-0.3, -0.25) is 4.79 Å². The van der Waals surface area contributed by atoms with Crippen LogP contribution in [-0.2, 0) is 12.8 Å². The van der Waals surface area contributed by atoms with Gasteiger partial charge in [0.1, 0.15) is 0 Å². The average Bonchev–Trinajstić information content (AvgIpc) is 3.05. The number of alkyl halides is 1. The number of hydrogen-bond donors (Lipinski definition) is 0. The molecule has 0 radical (unpaired) electrons. The predicted octanol–water partition coefficient (Wildman–Crippen LogP) is 3.03. The topological polar surface area (TPSA) is 20.3 Å². The molecule has 1 aromatic rings. The van der Waals surface area contributed by atoms with Gasteiger partial charge in [-0.15, -0.1) is 0 Å². The number of likely N-dealkylation sites (tertiary alicyclic amines) is 1. The van der Waals surface area contributed by atoms with Crippen molar-refractivity contribution in [2.45, 2.75) is 25.7 Å². The Kier molecular flexibility index (Phi) is 3.42. The van der Waals surface area contributed by atoms with Crippen LogP contribution in [0, 0.1) is 5.92 Å². The molecule has 0 aromatic heterocycles. The third kappa shape index (κ3) is 2.20. The Balaban J connectivity index is 1.77. The fourth-order valence-electron chi connectivity index (χ4n) is 3.03. The molecule has 3 rings (SSSR count). The van der Waals surface area contributed by atoms with Gasteiger partial charge in [0.15, 0.2) is 0 Å². The van der Waals surface area contributed by atoms with Crippen molar-refractivity contribution in [2.24, 2.45) is 5.92 Å². The molecule has 1 aliphatic carbocycles. The number of aryl methyl sites for hydroxylation is 2. The van der Waals surface area contributed by atoms with E-state index >= 15 is 0 Å². The molecule has 1 amide bonds. The van der Waals surface area contributed by atoms with Crippen molar-refractivity contribution >= 4 is 21.8 Å². The van der Waals surface area contributed by atoms with Crippen LogP contribution in [0.15, 0.2) is 18.2 Å². The van der Waals surface area contributed by atoms with Crippen LogP contribution in [0.3, 0.4) is 0 Å². The van der Waals surface area contributed by atoms with Gasteiger partial charge in [-0.05, 0) is 54.9 Å². The van der Waals surface area contributed by atoms with E-state index in [-0.39, 0.29) is 5.91 Å². The van der Waals surface area contributed by atoms with Crippen LogP contribution in [0.2, 0.25) is 0 Å². The summed E-state index contributed by atoms with van der Waals surface area (Å²) in [5.41, 5.74) is 3.70. The number of nitrogens with zero attached hydrogens (tertiary/aromatic N) is 1. The summed E-state index contributed by atoms with van der Waals surface area (Å²) in [6.07, 6.45) is 4.68. The van der Waals surface area contributed by atoms with E-state index < -0.39 is 0 Å². The number of carbonyl (C=O) groups excluding carboxylic acids is 1. The number of carbonyl (C=O) groups is 1. The van der Waals surface area contributed by atoms with Crippen LogP contribution < -0.4 is 0 Å². The predicted molar refractivity (Wildman–Crippen MR) is 76.3 cm³/mol. The van der Waals surface area contributed by atoms with Crippen molar-refractivity contribution in [2.75, 3.05) is 18.4 Å². The fraction of sp³-hybridized carbons (Fsp3) is 0.533. The molecule has 1 unspecified atom stereocenters. The minimum absolute atomic E-state index is 0.216. The van der Waals surface area contributed by atoms with Gasteiger partial charge in [0.05, 0.1) is 0 Å². The molecule has 3 heteroatoms. The van der Waals surface area contributed by atoms with Gasteiger partial charge < -0.3 is 4.90 Å². The first kappa shape index (κ1) is 12.2. The lowest BCUT2D eigenvalue weighted by Gasteiger charge is -2.16. The molecular formula is C15H18BrNO. The third-order valence-electron chi connectivity index (χ3n) is 4.14. The normalized spacial score (nSPS) is 22.3. The Hall–Kier alpha value is -0.830. The number of amides is 1. The number of halogens is 1. The Morgan fingerprint density at radius 3 is 2.94 bits per heavy atom. The fourth-order valence-corrected chi connectivity index (χ4v) is 3.56. The summed E-state index contributed by atoms with van der Waals surface area (Å²) >= 11 is 3.51. The largest absolute Gasteiger partial charge is 0.338 e. The lowest BCUT2D eigenvalue weighted by molar-refractivity contribution is 0.0788. The number of benzene rings is 1. The molecule has 1 heterocycles. The van der Waals surface area contributed by atoms with E-state index in [1.807, 2.05) is 11.0 Å². The Morgan fingerprint density at radius 1 is 1.33 bits per heavy atom. The molecule has 0 bridgehead atoms. The van der Waals surface area contributed by atoms with E-state index in [4.69, 9.17) is 0 Å². The summed E-state index contributed by atoms with van der Waals surface area (Å²) in [7, 11) is 0. The average molecular weight is 308 g/mol. The SMILES string of the molecule is O=C(c1ccc2c(c1)CCC2)N1CCC(CBr)C1. The van der Waals surface area contributed by atoms with Crippen LogP contribution in [-0.4, -0.2) is 29.2 Å². The standard InChI is InChI=1S/C15H18BrNO/c16-9-11-6-7-17(10-11)15(18)14-5-4-12-2-1-3-13(12)8-14/h4-5,8,11H,1-3,6-7,9-10H2. The second-order valence-electron chi connectivity index (χ2n) is 5.40. The van der Waals surface area contributed by atoms with Gasteiger partial charge in [-0.2, -0.15) is 0 Å². The van der Waals surface area contributed by atoms with Crippen molar-refractivity contribution in [3.63, 3.8) is 0 Å². The summed E-state index contributed by atoms with van der Waals surface area (Å²) in [4.78, 5) is 14.4. The van der Waals surface area contributed by atoms with Crippen molar-refractivity contribution in [3.05, 3.63) is 34.9 Å². The molecule has 18 heavy (non-hydrogen) atoms. The highest BCUT2D eigenvalue weighted by molar-refractivity contribution is 9.09. The van der Waals surface area contributed by atoms with Crippen LogP contribution in [0.5, 0.6) is 0 Å². The lowest BCUT2D eigenvalue weighted by Crippen LogP contribution is -2.28. The third-order valence-corrected chi connectivity index (χ3v) is 5.05. The molecule has 96 valence electrons. The Bertz CT molecular complexity index is 472. The quantitative estimate of drug-likeness (QED) is 0.769. The van der Waals surface area contributed by atoms with Crippen molar-refractivity contribution in [1.82, 2.24) is 4.90 Å². The first-order valence-corrected chi connectivity index (χ1v) is 7.87. The number of fused-ring (bicyclic) bond motifs is 1. The second-order valence-corrected chi connectivity index (χ2v) is 6.04. The van der Waals surface area contributed by atoms with Crippen LogP contribution in [0.1, 0.15) is 34.3 Å². The molecule has 1 aliphatic heterocycles. The zero-order valence-corrected chi connectivity index (χ0v) is 12.1. The second kappa shape index (κ2) is 5.04. The molecular weight excluding hydrogens is 290 g/mol. The number of rotatable bonds is 2. The van der Waals surface area contributed by atoms with E-state index in [2.05, 4.69) is 28.1 Å². The molecule has 0 saturated carbocycles. The molecule has 0 spiro atoms. The summed E-state index contributed by atoms with van der Waals surface area (Å²) in [6.45, 7) is 1.81. The van der Waals surface area contributed by atoms with E-state index in [1.54, 1.807) is 0 Å². The summed E-state index contributed by atoms with van der Waals surface area (Å²) in [6, 6.07) is 6.27. The van der Waals surface area contributed by atoms with Gasteiger partial charge in [0.2, 0.25) is 0 Å².